The molecule has 0 aliphatic carbocycles. The Labute approximate surface area is 233 Å². The number of ether oxygens (including phenoxy) is 3. The molecule has 7 heteroatoms. The van der Waals surface area contributed by atoms with Crippen molar-refractivity contribution in [1.82, 2.24) is 14.7 Å². The van der Waals surface area contributed by atoms with Gasteiger partial charge in [0.2, 0.25) is 0 Å². The van der Waals surface area contributed by atoms with Gasteiger partial charge in [-0.1, -0.05) is 37.6 Å². The maximum Gasteiger partial charge on any atom is 0.325 e. The number of amides is 2. The number of benzene rings is 2. The van der Waals surface area contributed by atoms with Crippen LogP contribution < -0.4 is 9.47 Å². The van der Waals surface area contributed by atoms with Gasteiger partial charge in [-0.15, -0.1) is 0 Å². The van der Waals surface area contributed by atoms with Crippen molar-refractivity contribution in [1.29, 1.82) is 0 Å². The Morgan fingerprint density at radius 1 is 0.923 bits per heavy atom. The zero-order chi connectivity index (χ0) is 27.9. The molecule has 0 aromatic heterocycles. The number of allylic oxidation sites excluding steroid dienone is 1. The molecule has 2 amide bonds. The van der Waals surface area contributed by atoms with Gasteiger partial charge >= 0.3 is 6.03 Å². The molecule has 3 heterocycles. The summed E-state index contributed by atoms with van der Waals surface area (Å²) in [6.45, 7) is 13.3. The number of aryl methyl sites for hydroxylation is 2. The average molecular weight is 534 g/mol. The molecule has 39 heavy (non-hydrogen) atoms. The van der Waals surface area contributed by atoms with Crippen LogP contribution >= 0.6 is 0 Å². The largest absolute Gasteiger partial charge is 0.497 e. The number of carbonyl (C=O) groups is 1. The molecule has 5 rings (SSSR count). The van der Waals surface area contributed by atoms with Crippen LogP contribution in [0.15, 0.2) is 42.1 Å². The minimum Gasteiger partial charge on any atom is -0.497 e. The van der Waals surface area contributed by atoms with Crippen molar-refractivity contribution < 1.29 is 19.0 Å². The standard InChI is InChI=1S/C32H43N3O4/c1-22-14-23(2)29-25(15-22)21-34-28(19-31(29,3)4)32(35(30(34)36)12-13-37-5)8-10-33(11-9-32)20-24-16-26(38-6)18-27(17-24)39-7/h14-19H,8-13,20-21H2,1-7H3. The molecule has 0 unspecified atom stereocenters. The molecule has 7 nitrogen and oxygen atoms in total. The maximum atomic E-state index is 14.1. The highest BCUT2D eigenvalue weighted by molar-refractivity contribution is 5.83. The Morgan fingerprint density at radius 2 is 1.59 bits per heavy atom. The minimum atomic E-state index is -0.333. The second-order valence-corrected chi connectivity index (χ2v) is 11.9. The van der Waals surface area contributed by atoms with Gasteiger partial charge in [0.15, 0.2) is 0 Å². The second kappa shape index (κ2) is 10.5. The summed E-state index contributed by atoms with van der Waals surface area (Å²) in [6.07, 6.45) is 4.17. The van der Waals surface area contributed by atoms with Gasteiger partial charge in [-0.2, -0.15) is 0 Å². The number of fused-ring (bicyclic) bond motifs is 3. The molecular formula is C32H43N3O4. The maximum absolute atomic E-state index is 14.1. The van der Waals surface area contributed by atoms with Crippen molar-refractivity contribution >= 4 is 6.03 Å². The fourth-order valence-electron chi connectivity index (χ4n) is 7.19. The Morgan fingerprint density at radius 3 is 2.21 bits per heavy atom. The molecule has 2 aromatic rings. The Bertz CT molecular complexity index is 1250. The van der Waals surface area contributed by atoms with Crippen LogP contribution in [0, 0.1) is 13.8 Å². The summed E-state index contributed by atoms with van der Waals surface area (Å²) in [5, 5.41) is 0. The monoisotopic (exact) mass is 533 g/mol. The zero-order valence-electron chi connectivity index (χ0n) is 24.6. The molecular weight excluding hydrogens is 490 g/mol. The van der Waals surface area contributed by atoms with Crippen LogP contribution in [0.5, 0.6) is 11.5 Å². The number of hydrogen-bond donors (Lipinski definition) is 0. The van der Waals surface area contributed by atoms with E-state index < -0.39 is 0 Å². The molecule has 3 aliphatic heterocycles. The number of rotatable bonds is 7. The van der Waals surface area contributed by atoms with Crippen molar-refractivity contribution in [3.8, 4) is 11.5 Å². The smallest absolute Gasteiger partial charge is 0.325 e. The fraction of sp³-hybridized carbons (Fsp3) is 0.531. The predicted molar refractivity (Wildman–Crippen MR) is 153 cm³/mol. The first kappa shape index (κ1) is 27.5. The third-order valence-corrected chi connectivity index (χ3v) is 8.80. The highest BCUT2D eigenvalue weighted by Gasteiger charge is 2.55. The topological polar surface area (TPSA) is 54.5 Å². The van der Waals surface area contributed by atoms with Crippen LogP contribution in [-0.4, -0.2) is 73.8 Å². The zero-order valence-corrected chi connectivity index (χ0v) is 24.6. The number of urea groups is 1. The van der Waals surface area contributed by atoms with E-state index in [1.165, 1.54) is 33.5 Å². The van der Waals surface area contributed by atoms with E-state index in [0.717, 1.165) is 44.0 Å². The lowest BCUT2D eigenvalue weighted by Crippen LogP contribution is -2.54. The molecule has 3 aliphatic rings. The Balaban J connectivity index is 1.47. The van der Waals surface area contributed by atoms with Crippen LogP contribution in [0.4, 0.5) is 4.79 Å². The third kappa shape index (κ3) is 4.91. The van der Waals surface area contributed by atoms with Gasteiger partial charge in [0.1, 0.15) is 11.5 Å². The molecule has 210 valence electrons. The van der Waals surface area contributed by atoms with Crippen LogP contribution in [0.25, 0.3) is 0 Å². The first-order valence-corrected chi connectivity index (χ1v) is 14.0. The first-order valence-electron chi connectivity index (χ1n) is 14.0. The van der Waals surface area contributed by atoms with E-state index in [0.29, 0.717) is 19.7 Å². The number of hydrogen-bond acceptors (Lipinski definition) is 5. The SMILES string of the molecule is COCCN1C(=O)N2Cc3cc(C)cc(C)c3C(C)(C)C=C2C12CCN(Cc1cc(OC)cc(OC)c1)CC2. The summed E-state index contributed by atoms with van der Waals surface area (Å²) in [7, 11) is 5.08. The molecule has 0 saturated carbocycles. The highest BCUT2D eigenvalue weighted by Crippen LogP contribution is 2.49. The van der Waals surface area contributed by atoms with Crippen molar-refractivity contribution in [2.45, 2.75) is 64.6 Å². The summed E-state index contributed by atoms with van der Waals surface area (Å²) in [4.78, 5) is 20.7. The molecule has 2 saturated heterocycles. The summed E-state index contributed by atoms with van der Waals surface area (Å²) < 4.78 is 16.5. The highest BCUT2D eigenvalue weighted by atomic mass is 16.5. The normalized spacial score (nSPS) is 20.0. The van der Waals surface area contributed by atoms with E-state index in [4.69, 9.17) is 14.2 Å². The summed E-state index contributed by atoms with van der Waals surface area (Å²) >= 11 is 0. The molecule has 0 bridgehead atoms. The number of likely N-dealkylation sites (tertiary alicyclic amines) is 1. The molecule has 0 radical (unpaired) electrons. The van der Waals surface area contributed by atoms with Crippen molar-refractivity contribution in [2.75, 3.05) is 47.6 Å². The first-order chi connectivity index (χ1) is 18.6. The Kier molecular flexibility index (Phi) is 7.42. The Hall–Kier alpha value is -3.03. The van der Waals surface area contributed by atoms with E-state index in [1.54, 1.807) is 21.3 Å². The summed E-state index contributed by atoms with van der Waals surface area (Å²) in [5.41, 5.74) is 6.97. The van der Waals surface area contributed by atoms with Gasteiger partial charge in [-0.25, -0.2) is 4.79 Å². The number of nitrogens with zero attached hydrogens (tertiary/aromatic N) is 3. The molecule has 1 spiro atoms. The van der Waals surface area contributed by atoms with E-state index in [9.17, 15) is 4.79 Å². The summed E-state index contributed by atoms with van der Waals surface area (Å²) in [6, 6.07) is 10.7. The van der Waals surface area contributed by atoms with Crippen molar-refractivity contribution in [2.24, 2.45) is 0 Å². The minimum absolute atomic E-state index is 0.104. The number of methoxy groups -OCH3 is 3. The van der Waals surface area contributed by atoms with Gasteiger partial charge in [0.05, 0.1) is 32.9 Å². The quantitative estimate of drug-likeness (QED) is 0.476. The molecule has 0 N–H and O–H groups in total. The average Bonchev–Trinajstić information content (AvgIpc) is 3.00. The molecule has 2 aromatic carbocycles. The fourth-order valence-corrected chi connectivity index (χ4v) is 7.19. The second-order valence-electron chi connectivity index (χ2n) is 11.9. The number of carbonyl (C=O) groups excluding carboxylic acids is 1. The third-order valence-electron chi connectivity index (χ3n) is 8.80. The van der Waals surface area contributed by atoms with Crippen molar-refractivity contribution in [3.05, 3.63) is 69.9 Å². The van der Waals surface area contributed by atoms with Crippen molar-refractivity contribution in [3.63, 3.8) is 0 Å². The van der Waals surface area contributed by atoms with Gasteiger partial charge in [0, 0.05) is 50.5 Å². The lowest BCUT2D eigenvalue weighted by Gasteiger charge is -2.45. The van der Waals surface area contributed by atoms with Gasteiger partial charge in [-0.3, -0.25) is 9.80 Å². The lowest BCUT2D eigenvalue weighted by atomic mass is 9.76. The van der Waals surface area contributed by atoms with Crippen LogP contribution in [0.3, 0.4) is 0 Å². The molecule has 2 fully saturated rings. The number of piperidine rings is 1. The molecule has 0 atom stereocenters. The van der Waals surface area contributed by atoms with Crippen LogP contribution in [0.1, 0.15) is 54.5 Å². The lowest BCUT2D eigenvalue weighted by molar-refractivity contribution is 0.0667. The predicted octanol–water partition coefficient (Wildman–Crippen LogP) is 5.41. The van der Waals surface area contributed by atoms with Crippen LogP contribution in [-0.2, 0) is 23.2 Å². The van der Waals surface area contributed by atoms with Crippen LogP contribution in [0.2, 0.25) is 0 Å². The van der Waals surface area contributed by atoms with Gasteiger partial charge < -0.3 is 19.1 Å². The van der Waals surface area contributed by atoms with Gasteiger partial charge in [0.25, 0.3) is 0 Å². The van der Waals surface area contributed by atoms with E-state index in [2.05, 4.69) is 72.7 Å². The van der Waals surface area contributed by atoms with Gasteiger partial charge in [-0.05, 0) is 61.1 Å². The van der Waals surface area contributed by atoms with E-state index in [1.807, 2.05) is 6.07 Å². The van der Waals surface area contributed by atoms with E-state index >= 15 is 0 Å². The summed E-state index contributed by atoms with van der Waals surface area (Å²) in [5.74, 6) is 1.60. The van der Waals surface area contributed by atoms with E-state index in [-0.39, 0.29) is 17.0 Å².